The third-order valence-electron chi connectivity index (χ3n) is 2.77. The number of methoxy groups -OCH3 is 1. The first-order chi connectivity index (χ1) is 9.08. The van der Waals surface area contributed by atoms with Gasteiger partial charge in [0.15, 0.2) is 0 Å². The predicted octanol–water partition coefficient (Wildman–Crippen LogP) is 2.42. The summed E-state index contributed by atoms with van der Waals surface area (Å²) < 4.78 is 5.03. The first-order valence-electron chi connectivity index (χ1n) is 5.43. The summed E-state index contributed by atoms with van der Waals surface area (Å²) in [5.74, 6) is 0.319. The smallest absolute Gasteiger partial charge is 0.299 e. The predicted molar refractivity (Wildman–Crippen MR) is 70.6 cm³/mol. The first-order valence-corrected chi connectivity index (χ1v) is 5.97. The molecule has 0 bridgehead atoms. The van der Waals surface area contributed by atoms with Crippen molar-refractivity contribution in [3.05, 3.63) is 40.1 Å². The lowest BCUT2D eigenvalue weighted by Gasteiger charge is -2.11. The largest absolute Gasteiger partial charge is 0.496 e. The molecule has 0 aliphatic rings. The number of alkyl halides is 1. The fourth-order valence-corrected chi connectivity index (χ4v) is 2.03. The number of fused-ring (bicyclic) bond motifs is 1. The quantitative estimate of drug-likeness (QED) is 0.529. The van der Waals surface area contributed by atoms with E-state index in [1.165, 1.54) is 19.4 Å². The number of aliphatic hydroxyl groups excluding tert-OH is 1. The zero-order chi connectivity index (χ0) is 14.0. The standard InChI is InChI=1S/C12H11ClN2O4/c1-19-7-4-9-8(11(16)6-13)2-3-14-12(9)10(5-7)15(17)18/h2-5,11,16H,6H2,1H3. The summed E-state index contributed by atoms with van der Waals surface area (Å²) in [5.41, 5.74) is 0.521. The molecule has 1 N–H and O–H groups in total. The van der Waals surface area contributed by atoms with E-state index in [0.29, 0.717) is 16.7 Å². The molecule has 0 aliphatic heterocycles. The molecule has 0 fully saturated rings. The van der Waals surface area contributed by atoms with E-state index in [0.717, 1.165) is 0 Å². The maximum atomic E-state index is 11.1. The summed E-state index contributed by atoms with van der Waals surface area (Å²) in [7, 11) is 1.42. The van der Waals surface area contributed by atoms with Crippen molar-refractivity contribution >= 4 is 28.2 Å². The van der Waals surface area contributed by atoms with Crippen LogP contribution in [-0.4, -0.2) is 28.0 Å². The molecule has 2 aromatic rings. The molecule has 1 aromatic heterocycles. The van der Waals surface area contributed by atoms with Gasteiger partial charge in [-0.2, -0.15) is 0 Å². The number of benzene rings is 1. The number of nitro benzene ring substituents is 1. The van der Waals surface area contributed by atoms with E-state index in [2.05, 4.69) is 4.98 Å². The molecule has 0 spiro atoms. The number of hydrogen-bond acceptors (Lipinski definition) is 5. The Kier molecular flexibility index (Phi) is 3.82. The zero-order valence-corrected chi connectivity index (χ0v) is 10.8. The average molecular weight is 283 g/mol. The fraction of sp³-hybridized carbons (Fsp3) is 0.250. The summed E-state index contributed by atoms with van der Waals surface area (Å²) in [6, 6.07) is 4.48. The Labute approximate surface area is 113 Å². The second kappa shape index (κ2) is 5.38. The molecule has 100 valence electrons. The Balaban J connectivity index is 2.81. The van der Waals surface area contributed by atoms with E-state index < -0.39 is 11.0 Å². The first kappa shape index (κ1) is 13.5. The van der Waals surface area contributed by atoms with Gasteiger partial charge in [0.05, 0.1) is 30.1 Å². The van der Waals surface area contributed by atoms with Crippen molar-refractivity contribution in [1.29, 1.82) is 0 Å². The lowest BCUT2D eigenvalue weighted by atomic mass is 10.0. The number of nitrogens with zero attached hydrogens (tertiary/aromatic N) is 2. The minimum absolute atomic E-state index is 0.00980. The van der Waals surface area contributed by atoms with Gasteiger partial charge in [0.1, 0.15) is 11.3 Å². The van der Waals surface area contributed by atoms with Gasteiger partial charge >= 0.3 is 0 Å². The number of hydrogen-bond donors (Lipinski definition) is 1. The molecule has 0 aliphatic carbocycles. The normalized spacial score (nSPS) is 12.4. The lowest BCUT2D eigenvalue weighted by Crippen LogP contribution is -2.02. The van der Waals surface area contributed by atoms with Gasteiger partial charge < -0.3 is 9.84 Å². The van der Waals surface area contributed by atoms with Crippen LogP contribution in [0, 0.1) is 10.1 Å². The van der Waals surface area contributed by atoms with E-state index in [1.807, 2.05) is 0 Å². The van der Waals surface area contributed by atoms with Crippen LogP contribution in [0.5, 0.6) is 5.75 Å². The lowest BCUT2D eigenvalue weighted by molar-refractivity contribution is -0.383. The Hall–Kier alpha value is -1.92. The zero-order valence-electron chi connectivity index (χ0n) is 10.0. The van der Waals surface area contributed by atoms with Crippen LogP contribution in [0.25, 0.3) is 10.9 Å². The van der Waals surface area contributed by atoms with Crippen LogP contribution in [0.15, 0.2) is 24.4 Å². The van der Waals surface area contributed by atoms with E-state index in [9.17, 15) is 15.2 Å². The van der Waals surface area contributed by atoms with Crippen LogP contribution in [0.2, 0.25) is 0 Å². The number of nitro groups is 1. The van der Waals surface area contributed by atoms with Gasteiger partial charge in [-0.25, -0.2) is 4.98 Å². The van der Waals surface area contributed by atoms with Crippen molar-refractivity contribution in [2.24, 2.45) is 0 Å². The van der Waals surface area contributed by atoms with Gasteiger partial charge in [0.2, 0.25) is 0 Å². The number of halogens is 1. The number of ether oxygens (including phenoxy) is 1. The van der Waals surface area contributed by atoms with Crippen LogP contribution in [0.3, 0.4) is 0 Å². The third kappa shape index (κ3) is 2.45. The molecule has 1 heterocycles. The van der Waals surface area contributed by atoms with Crippen LogP contribution in [0.1, 0.15) is 11.7 Å². The van der Waals surface area contributed by atoms with Gasteiger partial charge in [-0.3, -0.25) is 10.1 Å². The number of aromatic nitrogens is 1. The molecule has 1 atom stereocenters. The van der Waals surface area contributed by atoms with Crippen molar-refractivity contribution in [1.82, 2.24) is 4.98 Å². The highest BCUT2D eigenvalue weighted by Crippen LogP contribution is 2.33. The molecular formula is C12H11ClN2O4. The van der Waals surface area contributed by atoms with E-state index in [1.54, 1.807) is 12.1 Å². The van der Waals surface area contributed by atoms with Gasteiger partial charge in [-0.15, -0.1) is 11.6 Å². The SMILES string of the molecule is COc1cc([N+](=O)[O-])c2nccc(C(O)CCl)c2c1. The Morgan fingerprint density at radius 3 is 2.89 bits per heavy atom. The number of rotatable bonds is 4. The molecule has 6 nitrogen and oxygen atoms in total. The van der Waals surface area contributed by atoms with Crippen LogP contribution in [-0.2, 0) is 0 Å². The number of aliphatic hydroxyl groups is 1. The van der Waals surface area contributed by atoms with Crippen LogP contribution < -0.4 is 4.74 Å². The molecule has 0 radical (unpaired) electrons. The molecule has 7 heteroatoms. The molecule has 2 rings (SSSR count). The summed E-state index contributed by atoms with van der Waals surface area (Å²) in [6.07, 6.45) is 0.492. The molecule has 0 saturated carbocycles. The van der Waals surface area contributed by atoms with Gasteiger partial charge in [-0.1, -0.05) is 0 Å². The monoisotopic (exact) mass is 282 g/mol. The second-order valence-corrected chi connectivity index (χ2v) is 4.18. The maximum absolute atomic E-state index is 11.1. The number of pyridine rings is 1. The molecule has 19 heavy (non-hydrogen) atoms. The van der Waals surface area contributed by atoms with E-state index in [-0.39, 0.29) is 17.1 Å². The van der Waals surface area contributed by atoms with Gasteiger partial charge in [0.25, 0.3) is 5.69 Å². The van der Waals surface area contributed by atoms with Gasteiger partial charge in [-0.05, 0) is 17.7 Å². The van der Waals surface area contributed by atoms with Gasteiger partial charge in [0, 0.05) is 11.6 Å². The Morgan fingerprint density at radius 1 is 1.58 bits per heavy atom. The maximum Gasteiger partial charge on any atom is 0.299 e. The Bertz CT molecular complexity index is 632. The molecular weight excluding hydrogens is 272 g/mol. The fourth-order valence-electron chi connectivity index (χ4n) is 1.86. The summed E-state index contributed by atoms with van der Waals surface area (Å²) in [6.45, 7) is 0. The van der Waals surface area contributed by atoms with Crippen LogP contribution >= 0.6 is 11.6 Å². The topological polar surface area (TPSA) is 85.5 Å². The van der Waals surface area contributed by atoms with E-state index >= 15 is 0 Å². The molecule has 0 amide bonds. The van der Waals surface area contributed by atoms with Crippen molar-refractivity contribution in [3.63, 3.8) is 0 Å². The molecule has 1 aromatic carbocycles. The summed E-state index contributed by atoms with van der Waals surface area (Å²) in [4.78, 5) is 14.5. The van der Waals surface area contributed by atoms with Crippen molar-refractivity contribution in [2.75, 3.05) is 13.0 Å². The summed E-state index contributed by atoms with van der Waals surface area (Å²) >= 11 is 5.63. The third-order valence-corrected chi connectivity index (χ3v) is 3.06. The molecule has 0 saturated heterocycles. The van der Waals surface area contributed by atoms with Crippen molar-refractivity contribution < 1.29 is 14.8 Å². The van der Waals surface area contributed by atoms with E-state index in [4.69, 9.17) is 16.3 Å². The molecule has 1 unspecified atom stereocenters. The minimum Gasteiger partial charge on any atom is -0.496 e. The highest BCUT2D eigenvalue weighted by Gasteiger charge is 2.19. The highest BCUT2D eigenvalue weighted by atomic mass is 35.5. The second-order valence-electron chi connectivity index (χ2n) is 3.87. The van der Waals surface area contributed by atoms with Crippen molar-refractivity contribution in [2.45, 2.75) is 6.10 Å². The average Bonchev–Trinajstić information content (AvgIpc) is 2.44. The Morgan fingerprint density at radius 2 is 2.32 bits per heavy atom. The minimum atomic E-state index is -0.918. The number of non-ortho nitro benzene ring substituents is 1. The summed E-state index contributed by atoms with van der Waals surface area (Å²) in [5, 5.41) is 21.4. The highest BCUT2D eigenvalue weighted by molar-refractivity contribution is 6.18. The van der Waals surface area contributed by atoms with Crippen LogP contribution in [0.4, 0.5) is 5.69 Å². The van der Waals surface area contributed by atoms with Crippen molar-refractivity contribution in [3.8, 4) is 5.75 Å².